The summed E-state index contributed by atoms with van der Waals surface area (Å²) in [5, 5.41) is 0. The zero-order chi connectivity index (χ0) is 14.7. The maximum Gasteiger partial charge on any atom is 0.409 e. The third kappa shape index (κ3) is 3.06. The van der Waals surface area contributed by atoms with Crippen molar-refractivity contribution >= 4 is 17.5 Å². The molecule has 0 radical (unpaired) electrons. The van der Waals surface area contributed by atoms with Crippen LogP contribution in [0.25, 0.3) is 0 Å². The third-order valence-corrected chi connectivity index (χ3v) is 4.40. The minimum atomic E-state index is -0.223. The molecule has 0 aromatic heterocycles. The first-order chi connectivity index (χ1) is 10.3. The number of anilines is 2. The van der Waals surface area contributed by atoms with Gasteiger partial charge in [-0.1, -0.05) is 0 Å². The van der Waals surface area contributed by atoms with Crippen LogP contribution in [0.1, 0.15) is 12.8 Å². The number of amides is 1. The molecule has 0 aliphatic carbocycles. The van der Waals surface area contributed by atoms with E-state index in [1.54, 1.807) is 4.90 Å². The summed E-state index contributed by atoms with van der Waals surface area (Å²) in [6.07, 6.45) is 2.38. The van der Waals surface area contributed by atoms with Crippen molar-refractivity contribution in [2.24, 2.45) is 0 Å². The molecule has 1 amide bonds. The monoisotopic (exact) mass is 289 g/mol. The van der Waals surface area contributed by atoms with Crippen LogP contribution in [0.5, 0.6) is 0 Å². The molecule has 0 N–H and O–H groups in total. The molecular weight excluding hydrogens is 266 g/mol. The van der Waals surface area contributed by atoms with Gasteiger partial charge in [0.25, 0.3) is 0 Å². The molecule has 5 nitrogen and oxygen atoms in total. The fraction of sp³-hybridized carbons (Fsp3) is 0.562. The van der Waals surface area contributed by atoms with Crippen molar-refractivity contribution in [1.29, 1.82) is 0 Å². The second-order valence-corrected chi connectivity index (χ2v) is 5.65. The van der Waals surface area contributed by atoms with Gasteiger partial charge >= 0.3 is 6.09 Å². The quantitative estimate of drug-likeness (QED) is 0.836. The van der Waals surface area contributed by atoms with Crippen LogP contribution in [0.15, 0.2) is 24.3 Å². The zero-order valence-corrected chi connectivity index (χ0v) is 12.6. The van der Waals surface area contributed by atoms with E-state index < -0.39 is 0 Å². The maximum absolute atomic E-state index is 11.5. The summed E-state index contributed by atoms with van der Waals surface area (Å²) in [6, 6.07) is 8.82. The van der Waals surface area contributed by atoms with Gasteiger partial charge in [-0.25, -0.2) is 4.79 Å². The van der Waals surface area contributed by atoms with Crippen LogP contribution >= 0.6 is 0 Å². The Labute approximate surface area is 126 Å². The number of methoxy groups -OCH3 is 1. The second-order valence-electron chi connectivity index (χ2n) is 5.65. The Kier molecular flexibility index (Phi) is 4.18. The molecule has 0 saturated carbocycles. The molecule has 1 aromatic carbocycles. The van der Waals surface area contributed by atoms with Gasteiger partial charge in [0.15, 0.2) is 0 Å². The SMILES string of the molecule is COC(=O)N1CCN(c2ccc(N3CCCC3)cc2)CC1. The molecule has 0 bridgehead atoms. The number of nitrogens with zero attached hydrogens (tertiary/aromatic N) is 3. The molecule has 0 atom stereocenters. The smallest absolute Gasteiger partial charge is 0.409 e. The lowest BCUT2D eigenvalue weighted by Gasteiger charge is -2.35. The van der Waals surface area contributed by atoms with E-state index in [0.717, 1.165) is 26.2 Å². The van der Waals surface area contributed by atoms with Gasteiger partial charge in [-0.05, 0) is 37.1 Å². The minimum absolute atomic E-state index is 0.223. The lowest BCUT2D eigenvalue weighted by molar-refractivity contribution is 0.121. The van der Waals surface area contributed by atoms with E-state index in [0.29, 0.717) is 0 Å². The van der Waals surface area contributed by atoms with Gasteiger partial charge in [0.2, 0.25) is 0 Å². The molecule has 3 rings (SSSR count). The summed E-state index contributed by atoms with van der Waals surface area (Å²) in [6.45, 7) is 5.52. The number of piperazine rings is 1. The number of carbonyl (C=O) groups is 1. The summed E-state index contributed by atoms with van der Waals surface area (Å²) in [7, 11) is 1.44. The second kappa shape index (κ2) is 6.24. The Bertz CT molecular complexity index is 475. The fourth-order valence-electron chi connectivity index (χ4n) is 3.13. The highest BCUT2D eigenvalue weighted by Gasteiger charge is 2.21. The highest BCUT2D eigenvalue weighted by Crippen LogP contribution is 2.24. The Morgan fingerprint density at radius 2 is 1.33 bits per heavy atom. The Morgan fingerprint density at radius 1 is 0.857 bits per heavy atom. The molecule has 21 heavy (non-hydrogen) atoms. The largest absolute Gasteiger partial charge is 0.453 e. The average molecular weight is 289 g/mol. The van der Waals surface area contributed by atoms with Crippen molar-refractivity contribution in [2.45, 2.75) is 12.8 Å². The van der Waals surface area contributed by atoms with Gasteiger partial charge in [-0.3, -0.25) is 0 Å². The molecule has 2 saturated heterocycles. The third-order valence-electron chi connectivity index (χ3n) is 4.40. The molecule has 2 aliphatic heterocycles. The molecule has 2 fully saturated rings. The van der Waals surface area contributed by atoms with Crippen LogP contribution < -0.4 is 9.80 Å². The van der Waals surface area contributed by atoms with Gasteiger partial charge in [0.1, 0.15) is 0 Å². The predicted octanol–water partition coefficient (Wildman–Crippen LogP) is 2.18. The first-order valence-corrected chi connectivity index (χ1v) is 7.71. The van der Waals surface area contributed by atoms with E-state index in [9.17, 15) is 4.79 Å². The Hall–Kier alpha value is -1.91. The molecule has 114 valence electrons. The van der Waals surface area contributed by atoms with Crippen LogP contribution in [0.3, 0.4) is 0 Å². The standard InChI is InChI=1S/C16H23N3O2/c1-21-16(20)19-12-10-18(11-13-19)15-6-4-14(5-7-15)17-8-2-3-9-17/h4-7H,2-3,8-13H2,1H3. The summed E-state index contributed by atoms with van der Waals surface area (Å²) in [4.78, 5) is 18.0. The summed E-state index contributed by atoms with van der Waals surface area (Å²) < 4.78 is 4.77. The normalized spacial score (nSPS) is 19.0. The van der Waals surface area contributed by atoms with Crippen LogP contribution in [0.4, 0.5) is 16.2 Å². The van der Waals surface area contributed by atoms with Gasteiger partial charge in [0.05, 0.1) is 7.11 Å². The summed E-state index contributed by atoms with van der Waals surface area (Å²) in [5.74, 6) is 0. The van der Waals surface area contributed by atoms with E-state index in [2.05, 4.69) is 34.1 Å². The lowest BCUT2D eigenvalue weighted by Crippen LogP contribution is -2.48. The van der Waals surface area contributed by atoms with Gasteiger partial charge < -0.3 is 19.4 Å². The first-order valence-electron chi connectivity index (χ1n) is 7.71. The van der Waals surface area contributed by atoms with E-state index in [4.69, 9.17) is 4.74 Å². The van der Waals surface area contributed by atoms with Gasteiger partial charge in [-0.2, -0.15) is 0 Å². The van der Waals surface area contributed by atoms with Crippen LogP contribution in [-0.4, -0.2) is 57.4 Å². The first kappa shape index (κ1) is 14.0. The van der Waals surface area contributed by atoms with Crippen molar-refractivity contribution in [3.05, 3.63) is 24.3 Å². The molecule has 2 aliphatic rings. The Morgan fingerprint density at radius 3 is 1.81 bits per heavy atom. The van der Waals surface area contributed by atoms with Crippen molar-refractivity contribution in [3.8, 4) is 0 Å². The highest BCUT2D eigenvalue weighted by molar-refractivity contribution is 5.68. The van der Waals surface area contributed by atoms with Crippen LogP contribution in [0, 0.1) is 0 Å². The minimum Gasteiger partial charge on any atom is -0.453 e. The average Bonchev–Trinajstić information content (AvgIpc) is 3.09. The number of rotatable bonds is 2. The van der Waals surface area contributed by atoms with Crippen molar-refractivity contribution in [3.63, 3.8) is 0 Å². The number of hydrogen-bond acceptors (Lipinski definition) is 4. The number of hydrogen-bond donors (Lipinski definition) is 0. The van der Waals surface area contributed by atoms with E-state index in [-0.39, 0.29) is 6.09 Å². The van der Waals surface area contributed by atoms with Gasteiger partial charge in [-0.15, -0.1) is 0 Å². The number of carbonyl (C=O) groups excluding carboxylic acids is 1. The van der Waals surface area contributed by atoms with Crippen LogP contribution in [-0.2, 0) is 4.74 Å². The van der Waals surface area contributed by atoms with Crippen molar-refractivity contribution in [2.75, 3.05) is 56.2 Å². The lowest BCUT2D eigenvalue weighted by atomic mass is 10.2. The Balaban J connectivity index is 1.59. The van der Waals surface area contributed by atoms with E-state index >= 15 is 0 Å². The van der Waals surface area contributed by atoms with E-state index in [1.807, 2.05) is 0 Å². The van der Waals surface area contributed by atoms with Crippen LogP contribution in [0.2, 0.25) is 0 Å². The maximum atomic E-state index is 11.5. The molecule has 0 spiro atoms. The molecule has 2 heterocycles. The molecular formula is C16H23N3O2. The van der Waals surface area contributed by atoms with Crippen molar-refractivity contribution < 1.29 is 9.53 Å². The van der Waals surface area contributed by atoms with Gasteiger partial charge in [0, 0.05) is 50.6 Å². The predicted molar refractivity (Wildman–Crippen MR) is 84.1 cm³/mol. The van der Waals surface area contributed by atoms with Crippen molar-refractivity contribution in [1.82, 2.24) is 4.90 Å². The zero-order valence-electron chi connectivity index (χ0n) is 12.6. The molecule has 1 aromatic rings. The number of benzene rings is 1. The summed E-state index contributed by atoms with van der Waals surface area (Å²) >= 11 is 0. The highest BCUT2D eigenvalue weighted by atomic mass is 16.5. The number of ether oxygens (including phenoxy) is 1. The molecule has 0 unspecified atom stereocenters. The fourth-order valence-corrected chi connectivity index (χ4v) is 3.13. The summed E-state index contributed by atoms with van der Waals surface area (Å²) in [5.41, 5.74) is 2.56. The molecule has 5 heteroatoms. The van der Waals surface area contributed by atoms with E-state index in [1.165, 1.54) is 44.4 Å². The topological polar surface area (TPSA) is 36.0 Å².